The maximum Gasteiger partial charge on any atom is 0.233 e. The Kier molecular flexibility index (Phi) is 5.95. The van der Waals surface area contributed by atoms with Crippen molar-refractivity contribution >= 4 is 27.5 Å². The first-order valence-corrected chi connectivity index (χ1v) is 11.7. The van der Waals surface area contributed by atoms with Crippen LogP contribution in [-0.4, -0.2) is 63.3 Å². The fraction of sp³-hybridized carbons (Fsp3) is 0.588. The normalized spacial score (nSPS) is 19.9. The van der Waals surface area contributed by atoms with E-state index in [0.29, 0.717) is 23.2 Å². The van der Waals surface area contributed by atoms with Gasteiger partial charge < -0.3 is 13.9 Å². The van der Waals surface area contributed by atoms with Crippen LogP contribution in [0.5, 0.6) is 0 Å². The number of sulfone groups is 1. The van der Waals surface area contributed by atoms with Gasteiger partial charge in [0.25, 0.3) is 0 Å². The van der Waals surface area contributed by atoms with Crippen LogP contribution in [0.4, 0.5) is 0 Å². The highest BCUT2D eigenvalue weighted by molar-refractivity contribution is 7.99. The summed E-state index contributed by atoms with van der Waals surface area (Å²) in [5, 5.41) is 8.87. The summed E-state index contributed by atoms with van der Waals surface area (Å²) in [6, 6.07) is 3.33. The highest BCUT2D eigenvalue weighted by Crippen LogP contribution is 2.26. The topological polar surface area (TPSA) is 98.3 Å². The lowest BCUT2D eigenvalue weighted by atomic mass is 10.1. The Bertz CT molecular complexity index is 892. The number of carbonyl (C=O) groups is 1. The lowest BCUT2D eigenvalue weighted by Crippen LogP contribution is -2.47. The Morgan fingerprint density at radius 2 is 2.26 bits per heavy atom. The quantitative estimate of drug-likeness (QED) is 0.641. The molecule has 3 rings (SSSR count). The predicted molar refractivity (Wildman–Crippen MR) is 103 cm³/mol. The van der Waals surface area contributed by atoms with Crippen LogP contribution in [0.15, 0.2) is 28.0 Å². The van der Waals surface area contributed by atoms with Gasteiger partial charge in [0.1, 0.15) is 0 Å². The molecule has 1 saturated heterocycles. The molecule has 1 aliphatic rings. The maximum absolute atomic E-state index is 12.9. The van der Waals surface area contributed by atoms with Crippen LogP contribution in [0.2, 0.25) is 0 Å². The van der Waals surface area contributed by atoms with Gasteiger partial charge in [-0.15, -0.1) is 10.2 Å². The Labute approximate surface area is 163 Å². The second kappa shape index (κ2) is 8.05. The molecule has 0 aromatic carbocycles. The zero-order valence-electron chi connectivity index (χ0n) is 15.7. The van der Waals surface area contributed by atoms with E-state index in [2.05, 4.69) is 10.2 Å². The predicted octanol–water partition coefficient (Wildman–Crippen LogP) is 1.98. The summed E-state index contributed by atoms with van der Waals surface area (Å²) in [5.74, 6) is 1.53. The Hall–Kier alpha value is -1.81. The van der Waals surface area contributed by atoms with Crippen LogP contribution >= 0.6 is 11.8 Å². The number of thioether (sulfide) groups is 1. The van der Waals surface area contributed by atoms with Crippen molar-refractivity contribution in [3.05, 3.63) is 18.4 Å². The molecule has 3 heterocycles. The highest BCUT2D eigenvalue weighted by atomic mass is 32.2. The van der Waals surface area contributed by atoms with Gasteiger partial charge in [-0.05, 0) is 31.9 Å². The van der Waals surface area contributed by atoms with Gasteiger partial charge in [-0.1, -0.05) is 18.7 Å². The Balaban J connectivity index is 1.70. The molecule has 2 atom stereocenters. The second-order valence-electron chi connectivity index (χ2n) is 6.75. The van der Waals surface area contributed by atoms with Gasteiger partial charge in [0, 0.05) is 19.1 Å². The van der Waals surface area contributed by atoms with Crippen LogP contribution < -0.4 is 0 Å². The molecule has 0 spiro atoms. The Morgan fingerprint density at radius 1 is 1.48 bits per heavy atom. The van der Waals surface area contributed by atoms with Gasteiger partial charge in [-0.2, -0.15) is 0 Å². The average Bonchev–Trinajstić information content (AvgIpc) is 3.34. The van der Waals surface area contributed by atoms with Crippen molar-refractivity contribution in [3.8, 4) is 11.6 Å². The fourth-order valence-corrected chi connectivity index (χ4v) is 5.75. The molecular formula is C17H24N4O4S2. The van der Waals surface area contributed by atoms with Gasteiger partial charge in [-0.25, -0.2) is 8.42 Å². The molecule has 10 heteroatoms. The van der Waals surface area contributed by atoms with E-state index in [1.54, 1.807) is 27.9 Å². The van der Waals surface area contributed by atoms with Crippen LogP contribution in [0, 0.1) is 0 Å². The van der Waals surface area contributed by atoms with E-state index in [4.69, 9.17) is 4.42 Å². The molecule has 27 heavy (non-hydrogen) atoms. The van der Waals surface area contributed by atoms with E-state index < -0.39 is 9.84 Å². The van der Waals surface area contributed by atoms with Crippen molar-refractivity contribution in [1.82, 2.24) is 19.7 Å². The van der Waals surface area contributed by atoms with E-state index in [9.17, 15) is 13.2 Å². The smallest absolute Gasteiger partial charge is 0.233 e. The van der Waals surface area contributed by atoms with Gasteiger partial charge >= 0.3 is 0 Å². The molecule has 1 amide bonds. The maximum atomic E-state index is 12.9. The number of carbonyl (C=O) groups excluding carboxylic acids is 1. The number of furan rings is 1. The van der Waals surface area contributed by atoms with Crippen LogP contribution in [0.25, 0.3) is 11.6 Å². The first-order valence-electron chi connectivity index (χ1n) is 8.90. The van der Waals surface area contributed by atoms with Gasteiger partial charge in [0.15, 0.2) is 26.6 Å². The van der Waals surface area contributed by atoms with Crippen LogP contribution in [0.3, 0.4) is 0 Å². The number of hydrogen-bond acceptors (Lipinski definition) is 7. The third kappa shape index (κ3) is 4.37. The molecule has 2 aromatic rings. The van der Waals surface area contributed by atoms with Crippen molar-refractivity contribution in [3.63, 3.8) is 0 Å². The third-order valence-corrected chi connectivity index (χ3v) is 7.61. The van der Waals surface area contributed by atoms with Crippen LogP contribution in [0.1, 0.15) is 26.7 Å². The zero-order valence-corrected chi connectivity index (χ0v) is 17.3. The van der Waals surface area contributed by atoms with E-state index >= 15 is 0 Å². The molecule has 148 valence electrons. The molecule has 8 nitrogen and oxygen atoms in total. The minimum absolute atomic E-state index is 0.00502. The van der Waals surface area contributed by atoms with Gasteiger partial charge in [0.05, 0.1) is 23.5 Å². The van der Waals surface area contributed by atoms with Crippen LogP contribution in [-0.2, 0) is 21.7 Å². The number of nitrogens with zero attached hydrogens (tertiary/aromatic N) is 4. The minimum atomic E-state index is -3.05. The molecule has 1 aliphatic heterocycles. The molecule has 0 saturated carbocycles. The third-order valence-electron chi connectivity index (χ3n) is 4.86. The van der Waals surface area contributed by atoms with E-state index in [0.717, 1.165) is 6.42 Å². The summed E-state index contributed by atoms with van der Waals surface area (Å²) in [6.45, 7) is 3.96. The summed E-state index contributed by atoms with van der Waals surface area (Å²) in [6.07, 6.45) is 2.86. The summed E-state index contributed by atoms with van der Waals surface area (Å²) in [7, 11) is -1.23. The molecule has 0 aliphatic carbocycles. The first-order chi connectivity index (χ1) is 12.8. The number of hydrogen-bond donors (Lipinski definition) is 0. The van der Waals surface area contributed by atoms with Crippen molar-refractivity contribution in [2.75, 3.05) is 17.3 Å². The fourth-order valence-electron chi connectivity index (χ4n) is 3.26. The largest absolute Gasteiger partial charge is 0.461 e. The molecule has 2 aromatic heterocycles. The number of rotatable bonds is 7. The SMILES string of the molecule is CC[C@@H](C)N(C(=O)CSc1nnc(-c2ccco2)n1C)[C@H]1CCS(=O)(=O)C1. The monoisotopic (exact) mass is 412 g/mol. The molecule has 0 bridgehead atoms. The molecule has 0 unspecified atom stereocenters. The summed E-state index contributed by atoms with van der Waals surface area (Å²) in [5.41, 5.74) is 0. The molecule has 1 fully saturated rings. The molecule has 0 radical (unpaired) electrons. The standard InChI is InChI=1S/C17H24N4O4S2/c1-4-12(2)21(13-7-9-27(23,24)11-13)15(22)10-26-17-19-18-16(20(17)3)14-6-5-8-25-14/h5-6,8,12-13H,4,7,9-11H2,1-3H3/t12-,13+/m1/s1. The van der Waals surface area contributed by atoms with Crippen molar-refractivity contribution < 1.29 is 17.6 Å². The molecular weight excluding hydrogens is 388 g/mol. The molecule has 0 N–H and O–H groups in total. The van der Waals surface area contributed by atoms with E-state index in [-0.39, 0.29) is 35.2 Å². The number of aromatic nitrogens is 3. The zero-order chi connectivity index (χ0) is 19.6. The Morgan fingerprint density at radius 3 is 2.85 bits per heavy atom. The first kappa shape index (κ1) is 19.9. The second-order valence-corrected chi connectivity index (χ2v) is 9.92. The minimum Gasteiger partial charge on any atom is -0.461 e. The summed E-state index contributed by atoms with van der Waals surface area (Å²) >= 11 is 1.30. The van der Waals surface area contributed by atoms with Gasteiger partial charge in [0.2, 0.25) is 5.91 Å². The van der Waals surface area contributed by atoms with E-state index in [1.165, 1.54) is 11.8 Å². The summed E-state index contributed by atoms with van der Waals surface area (Å²) in [4.78, 5) is 14.6. The average molecular weight is 413 g/mol. The van der Waals surface area contributed by atoms with Gasteiger partial charge in [-0.3, -0.25) is 4.79 Å². The van der Waals surface area contributed by atoms with Crippen molar-refractivity contribution in [2.24, 2.45) is 7.05 Å². The highest BCUT2D eigenvalue weighted by Gasteiger charge is 2.36. The lowest BCUT2D eigenvalue weighted by molar-refractivity contribution is -0.132. The summed E-state index contributed by atoms with van der Waals surface area (Å²) < 4.78 is 30.8. The van der Waals surface area contributed by atoms with Crippen molar-refractivity contribution in [2.45, 2.75) is 43.9 Å². The van der Waals surface area contributed by atoms with Crippen molar-refractivity contribution in [1.29, 1.82) is 0 Å². The number of amides is 1. The lowest BCUT2D eigenvalue weighted by Gasteiger charge is -2.33. The van der Waals surface area contributed by atoms with E-state index in [1.807, 2.05) is 20.9 Å².